The number of ether oxygens (including phenoxy) is 3. The molecule has 3 rings (SSSR count). The lowest BCUT2D eigenvalue weighted by atomic mass is 10.1. The number of aryl methyl sites for hydroxylation is 1. The van der Waals surface area contributed by atoms with E-state index in [2.05, 4.69) is 20.6 Å². The van der Waals surface area contributed by atoms with Gasteiger partial charge >= 0.3 is 0 Å². The summed E-state index contributed by atoms with van der Waals surface area (Å²) in [6.07, 6.45) is -0.582. The first-order valence-electron chi connectivity index (χ1n) is 11.0. The molecule has 0 radical (unpaired) electrons. The van der Waals surface area contributed by atoms with Crippen LogP contribution in [0.3, 0.4) is 0 Å². The second kappa shape index (κ2) is 14.5. The quantitative estimate of drug-likeness (QED) is 0.270. The number of aliphatic hydroxyl groups excluding tert-OH is 1. The van der Waals surface area contributed by atoms with Gasteiger partial charge in [0.15, 0.2) is 23.5 Å². The van der Waals surface area contributed by atoms with Crippen LogP contribution in [-0.2, 0) is 11.2 Å². The molecule has 0 aliphatic heterocycles. The zero-order valence-electron chi connectivity index (χ0n) is 21.0. The third-order valence-corrected chi connectivity index (χ3v) is 5.22. The van der Waals surface area contributed by atoms with E-state index in [0.717, 1.165) is 23.2 Å². The Hall–Kier alpha value is -2.98. The van der Waals surface area contributed by atoms with Gasteiger partial charge in [-0.3, -0.25) is 10.1 Å². The maximum Gasteiger partial charge on any atom is 0.222 e. The maximum atomic E-state index is 11.3. The first-order valence-corrected chi connectivity index (χ1v) is 11.0. The van der Waals surface area contributed by atoms with Crippen LogP contribution in [-0.4, -0.2) is 54.1 Å². The SMILES string of the molecule is COc1ccc(CCNC(Oc2ccc(-c3nc(NC(C)=O)c(C)[nH]3)cc2)C(C)O)cc1OC.Cl.Cl. The summed E-state index contributed by atoms with van der Waals surface area (Å²) in [5.74, 6) is 2.96. The highest BCUT2D eigenvalue weighted by atomic mass is 35.5. The Balaban J connectivity index is 0.00000324. The fourth-order valence-corrected chi connectivity index (χ4v) is 3.43. The summed E-state index contributed by atoms with van der Waals surface area (Å²) in [4.78, 5) is 18.9. The maximum absolute atomic E-state index is 11.3. The highest BCUT2D eigenvalue weighted by molar-refractivity contribution is 5.88. The number of hydrogen-bond acceptors (Lipinski definition) is 7. The van der Waals surface area contributed by atoms with Crippen molar-refractivity contribution >= 4 is 36.5 Å². The van der Waals surface area contributed by atoms with Gasteiger partial charge in [0.05, 0.1) is 19.9 Å². The van der Waals surface area contributed by atoms with E-state index in [4.69, 9.17) is 14.2 Å². The van der Waals surface area contributed by atoms with Crippen molar-refractivity contribution < 1.29 is 24.1 Å². The molecule has 2 unspecified atom stereocenters. The Kier molecular flexibility index (Phi) is 12.5. The summed E-state index contributed by atoms with van der Waals surface area (Å²) < 4.78 is 16.6. The number of carbonyl (C=O) groups excluding carboxylic acids is 1. The number of imidazole rings is 1. The molecule has 4 N–H and O–H groups in total. The molecular weight excluding hydrogens is 507 g/mol. The summed E-state index contributed by atoms with van der Waals surface area (Å²) in [5, 5.41) is 16.1. The Morgan fingerprint density at radius 3 is 2.33 bits per heavy atom. The predicted molar refractivity (Wildman–Crippen MR) is 145 cm³/mol. The molecule has 3 aromatic rings. The lowest BCUT2D eigenvalue weighted by molar-refractivity contribution is -0.114. The third-order valence-electron chi connectivity index (χ3n) is 5.22. The molecule has 9 nitrogen and oxygen atoms in total. The van der Waals surface area contributed by atoms with Crippen LogP contribution in [0.2, 0.25) is 0 Å². The molecule has 0 spiro atoms. The average Bonchev–Trinajstić information content (AvgIpc) is 3.17. The molecule has 198 valence electrons. The van der Waals surface area contributed by atoms with Crippen molar-refractivity contribution in [2.24, 2.45) is 0 Å². The van der Waals surface area contributed by atoms with E-state index in [9.17, 15) is 9.90 Å². The zero-order valence-corrected chi connectivity index (χ0v) is 22.6. The number of aromatic amines is 1. The molecule has 2 aromatic carbocycles. The number of aliphatic hydroxyl groups is 1. The average molecular weight is 541 g/mol. The van der Waals surface area contributed by atoms with E-state index in [1.807, 2.05) is 49.4 Å². The van der Waals surface area contributed by atoms with Crippen molar-refractivity contribution in [3.63, 3.8) is 0 Å². The predicted octanol–water partition coefficient (Wildman–Crippen LogP) is 4.12. The van der Waals surface area contributed by atoms with Crippen LogP contribution in [0.25, 0.3) is 11.4 Å². The minimum atomic E-state index is -0.724. The minimum absolute atomic E-state index is 0. The molecule has 0 aliphatic rings. The molecule has 0 saturated carbocycles. The smallest absolute Gasteiger partial charge is 0.222 e. The van der Waals surface area contributed by atoms with Crippen LogP contribution in [0.15, 0.2) is 42.5 Å². The second-order valence-corrected chi connectivity index (χ2v) is 7.94. The van der Waals surface area contributed by atoms with E-state index in [1.54, 1.807) is 21.1 Å². The monoisotopic (exact) mass is 540 g/mol. The number of methoxy groups -OCH3 is 2. The fourth-order valence-electron chi connectivity index (χ4n) is 3.43. The molecule has 1 heterocycles. The standard InChI is InChI=1S/C25H32N4O5.2ClH/c1-15-23(28-17(3)31)29-24(27-15)19-7-9-20(10-8-19)34-25(16(2)30)26-13-12-18-6-11-21(32-4)22(14-18)33-5;;/h6-11,14,16,25-26,30H,12-13H2,1-5H3,(H,27,29)(H,28,31);2*1H. The Morgan fingerprint density at radius 2 is 1.75 bits per heavy atom. The topological polar surface area (TPSA) is 118 Å². The molecule has 0 fully saturated rings. The van der Waals surface area contributed by atoms with Gasteiger partial charge in [-0.05, 0) is 62.2 Å². The second-order valence-electron chi connectivity index (χ2n) is 7.94. The molecule has 1 amide bonds. The molecular formula is C25H34Cl2N4O5. The summed E-state index contributed by atoms with van der Waals surface area (Å²) in [6, 6.07) is 13.2. The van der Waals surface area contributed by atoms with Crippen LogP contribution in [0.4, 0.5) is 5.82 Å². The van der Waals surface area contributed by atoms with E-state index in [0.29, 0.717) is 35.4 Å². The van der Waals surface area contributed by atoms with Gasteiger partial charge in [-0.15, -0.1) is 24.8 Å². The van der Waals surface area contributed by atoms with Crippen LogP contribution < -0.4 is 24.8 Å². The van der Waals surface area contributed by atoms with Crippen molar-refractivity contribution in [2.75, 3.05) is 26.1 Å². The number of anilines is 1. The summed E-state index contributed by atoms with van der Waals surface area (Å²) in [6.45, 7) is 5.57. The fraction of sp³-hybridized carbons (Fsp3) is 0.360. The molecule has 0 aliphatic carbocycles. The van der Waals surface area contributed by atoms with Gasteiger partial charge in [0.1, 0.15) is 17.7 Å². The van der Waals surface area contributed by atoms with E-state index < -0.39 is 12.3 Å². The van der Waals surface area contributed by atoms with E-state index >= 15 is 0 Å². The first-order chi connectivity index (χ1) is 16.3. The highest BCUT2D eigenvalue weighted by Gasteiger charge is 2.17. The van der Waals surface area contributed by atoms with Gasteiger partial charge in [-0.2, -0.15) is 0 Å². The van der Waals surface area contributed by atoms with Gasteiger partial charge in [0.2, 0.25) is 5.91 Å². The lowest BCUT2D eigenvalue weighted by Crippen LogP contribution is -2.43. The van der Waals surface area contributed by atoms with Gasteiger partial charge in [-0.1, -0.05) is 6.07 Å². The Bertz CT molecular complexity index is 1110. The van der Waals surface area contributed by atoms with Crippen molar-refractivity contribution in [3.8, 4) is 28.6 Å². The van der Waals surface area contributed by atoms with Gasteiger partial charge < -0.3 is 29.6 Å². The number of aromatic nitrogens is 2. The minimum Gasteiger partial charge on any atom is -0.493 e. The molecule has 0 bridgehead atoms. The molecule has 0 saturated heterocycles. The number of benzene rings is 2. The summed E-state index contributed by atoms with van der Waals surface area (Å²) >= 11 is 0. The van der Waals surface area contributed by atoms with Gasteiger partial charge in [0.25, 0.3) is 0 Å². The number of carbonyl (C=O) groups is 1. The number of nitrogens with one attached hydrogen (secondary N) is 3. The number of nitrogens with zero attached hydrogens (tertiary/aromatic N) is 1. The summed E-state index contributed by atoms with van der Waals surface area (Å²) in [5.41, 5.74) is 2.70. The van der Waals surface area contributed by atoms with Crippen molar-refractivity contribution in [2.45, 2.75) is 39.5 Å². The first kappa shape index (κ1) is 31.1. The lowest BCUT2D eigenvalue weighted by Gasteiger charge is -2.23. The molecule has 2 atom stereocenters. The normalized spacial score (nSPS) is 11.9. The number of halogens is 2. The largest absolute Gasteiger partial charge is 0.493 e. The molecule has 1 aromatic heterocycles. The number of hydrogen-bond donors (Lipinski definition) is 4. The van der Waals surface area contributed by atoms with Crippen molar-refractivity contribution in [1.29, 1.82) is 0 Å². The Labute approximate surface area is 223 Å². The van der Waals surface area contributed by atoms with Crippen molar-refractivity contribution in [3.05, 3.63) is 53.7 Å². The number of H-pyrrole nitrogens is 1. The number of amides is 1. The van der Waals surface area contributed by atoms with E-state index in [1.165, 1.54) is 6.92 Å². The number of rotatable bonds is 11. The zero-order chi connectivity index (χ0) is 24.7. The van der Waals surface area contributed by atoms with Crippen LogP contribution in [0.5, 0.6) is 17.2 Å². The molecule has 36 heavy (non-hydrogen) atoms. The molecule has 11 heteroatoms. The van der Waals surface area contributed by atoms with Crippen molar-refractivity contribution in [1.82, 2.24) is 15.3 Å². The van der Waals surface area contributed by atoms with Gasteiger partial charge in [0, 0.05) is 19.0 Å². The van der Waals surface area contributed by atoms with Crippen LogP contribution >= 0.6 is 24.8 Å². The van der Waals surface area contributed by atoms with Gasteiger partial charge in [-0.25, -0.2) is 4.98 Å². The van der Waals surface area contributed by atoms with Crippen LogP contribution in [0.1, 0.15) is 25.1 Å². The van der Waals surface area contributed by atoms with E-state index in [-0.39, 0.29) is 30.7 Å². The summed E-state index contributed by atoms with van der Waals surface area (Å²) in [7, 11) is 3.21. The van der Waals surface area contributed by atoms with Crippen LogP contribution in [0, 0.1) is 6.92 Å². The highest BCUT2D eigenvalue weighted by Crippen LogP contribution is 2.28. The third kappa shape index (κ3) is 8.30. The Morgan fingerprint density at radius 1 is 1.08 bits per heavy atom.